The zero-order valence-corrected chi connectivity index (χ0v) is 15.4. The fourth-order valence-electron chi connectivity index (χ4n) is 2.63. The second kappa shape index (κ2) is 9.79. The number of hydrogen-bond donors (Lipinski definition) is 1. The number of carbonyl (C=O) groups excluding carboxylic acids is 2. The van der Waals surface area contributed by atoms with Gasteiger partial charge >= 0.3 is 0 Å². The maximum Gasteiger partial charge on any atom is 0.253 e. The van der Waals surface area contributed by atoms with E-state index in [1.165, 1.54) is 0 Å². The average Bonchev–Trinajstić information content (AvgIpc) is 2.61. The summed E-state index contributed by atoms with van der Waals surface area (Å²) >= 11 is 0. The summed E-state index contributed by atoms with van der Waals surface area (Å²) in [6, 6.07) is 8.76. The summed E-state index contributed by atoms with van der Waals surface area (Å²) < 4.78 is 0. The van der Waals surface area contributed by atoms with Gasteiger partial charge < -0.3 is 10.6 Å². The summed E-state index contributed by atoms with van der Waals surface area (Å²) in [4.78, 5) is 30.4. The molecule has 2 rings (SSSR count). The third kappa shape index (κ3) is 5.29. The molecule has 1 heterocycles. The fourth-order valence-corrected chi connectivity index (χ4v) is 2.63. The normalized spacial score (nSPS) is 10.0. The molecule has 2 N–H and O–H groups in total. The van der Waals surface area contributed by atoms with E-state index in [9.17, 15) is 9.59 Å². The lowest BCUT2D eigenvalue weighted by Gasteiger charge is -2.22. The highest BCUT2D eigenvalue weighted by Crippen LogP contribution is 2.22. The van der Waals surface area contributed by atoms with Crippen molar-refractivity contribution in [1.29, 1.82) is 0 Å². The van der Waals surface area contributed by atoms with Crippen LogP contribution in [-0.4, -0.2) is 34.8 Å². The first-order valence-electron chi connectivity index (χ1n) is 8.21. The number of primary amides is 1. The summed E-state index contributed by atoms with van der Waals surface area (Å²) in [5, 5.41) is 0. The maximum absolute atomic E-state index is 12.8. The molecule has 0 spiro atoms. The van der Waals surface area contributed by atoms with Crippen LogP contribution in [0.3, 0.4) is 0 Å². The number of pyridine rings is 1. The molecule has 0 bridgehead atoms. The van der Waals surface area contributed by atoms with Crippen molar-refractivity contribution in [2.75, 3.05) is 13.1 Å². The zero-order chi connectivity index (χ0) is 17.5. The van der Waals surface area contributed by atoms with E-state index in [4.69, 9.17) is 5.73 Å². The molecule has 25 heavy (non-hydrogen) atoms. The Balaban J connectivity index is 0.00000312. The number of nitrogens with zero attached hydrogens (tertiary/aromatic N) is 2. The van der Waals surface area contributed by atoms with E-state index in [2.05, 4.69) is 4.98 Å². The predicted molar refractivity (Wildman–Crippen MR) is 102 cm³/mol. The van der Waals surface area contributed by atoms with Crippen LogP contribution < -0.4 is 5.73 Å². The highest BCUT2D eigenvalue weighted by molar-refractivity contribution is 6.01. The van der Waals surface area contributed by atoms with Crippen LogP contribution in [0.2, 0.25) is 0 Å². The number of rotatable bonds is 7. The molecule has 134 valence electrons. The van der Waals surface area contributed by atoms with E-state index in [0.29, 0.717) is 24.2 Å². The number of aromatic nitrogens is 1. The van der Waals surface area contributed by atoms with Gasteiger partial charge in [0, 0.05) is 42.2 Å². The summed E-state index contributed by atoms with van der Waals surface area (Å²) in [6.45, 7) is 5.46. The number of nitrogens with two attached hydrogens (primary N) is 1. The summed E-state index contributed by atoms with van der Waals surface area (Å²) in [6.07, 6.45) is 5.15. The third-order valence-electron chi connectivity index (χ3n) is 3.73. The topological polar surface area (TPSA) is 76.3 Å². The highest BCUT2D eigenvalue weighted by Gasteiger charge is 2.17. The summed E-state index contributed by atoms with van der Waals surface area (Å²) in [7, 11) is 0. The van der Waals surface area contributed by atoms with Crippen molar-refractivity contribution in [1.82, 2.24) is 9.88 Å². The number of halogens is 1. The molecule has 0 atom stereocenters. The van der Waals surface area contributed by atoms with Crippen LogP contribution in [0, 0.1) is 0 Å². The zero-order valence-electron chi connectivity index (χ0n) is 14.6. The first-order valence-corrected chi connectivity index (χ1v) is 8.21. The van der Waals surface area contributed by atoms with Gasteiger partial charge in [-0.25, -0.2) is 0 Å². The van der Waals surface area contributed by atoms with Crippen molar-refractivity contribution in [3.05, 3.63) is 53.9 Å². The van der Waals surface area contributed by atoms with E-state index in [1.807, 2.05) is 30.9 Å². The molecule has 0 aliphatic rings. The quantitative estimate of drug-likeness (QED) is 0.819. The van der Waals surface area contributed by atoms with Crippen LogP contribution >= 0.6 is 12.4 Å². The number of benzene rings is 1. The van der Waals surface area contributed by atoms with Crippen molar-refractivity contribution in [2.45, 2.75) is 26.7 Å². The van der Waals surface area contributed by atoms with Gasteiger partial charge in [0.2, 0.25) is 5.91 Å². The Hall–Kier alpha value is -2.40. The molecule has 0 fully saturated rings. The molecule has 0 saturated heterocycles. The lowest BCUT2D eigenvalue weighted by Crippen LogP contribution is -2.32. The van der Waals surface area contributed by atoms with Gasteiger partial charge in [-0.2, -0.15) is 0 Å². The van der Waals surface area contributed by atoms with Gasteiger partial charge in [0.1, 0.15) is 0 Å². The largest absolute Gasteiger partial charge is 0.366 e. The summed E-state index contributed by atoms with van der Waals surface area (Å²) in [5.41, 5.74) is 7.85. The van der Waals surface area contributed by atoms with Gasteiger partial charge in [-0.05, 0) is 42.7 Å². The molecule has 0 saturated carbocycles. The smallest absolute Gasteiger partial charge is 0.253 e. The molecule has 1 aromatic carbocycles. The lowest BCUT2D eigenvalue weighted by molar-refractivity contribution is 0.0755. The molecule has 5 nitrogen and oxygen atoms in total. The van der Waals surface area contributed by atoms with Crippen LogP contribution in [0.4, 0.5) is 0 Å². The van der Waals surface area contributed by atoms with E-state index in [1.54, 1.807) is 30.6 Å². The Labute approximate surface area is 154 Å². The Kier molecular flexibility index (Phi) is 8.08. The third-order valence-corrected chi connectivity index (χ3v) is 3.73. The maximum atomic E-state index is 12.8. The van der Waals surface area contributed by atoms with Gasteiger partial charge in [-0.1, -0.05) is 19.9 Å². The Morgan fingerprint density at radius 3 is 2.20 bits per heavy atom. The number of amides is 2. The number of hydrogen-bond acceptors (Lipinski definition) is 3. The molecule has 0 aliphatic heterocycles. The van der Waals surface area contributed by atoms with Gasteiger partial charge in [0.05, 0.1) is 0 Å². The van der Waals surface area contributed by atoms with Crippen LogP contribution in [0.25, 0.3) is 11.1 Å². The van der Waals surface area contributed by atoms with Gasteiger partial charge in [-0.15, -0.1) is 12.4 Å². The van der Waals surface area contributed by atoms with Gasteiger partial charge in [0.25, 0.3) is 5.91 Å². The van der Waals surface area contributed by atoms with Gasteiger partial charge in [-0.3, -0.25) is 14.6 Å². The van der Waals surface area contributed by atoms with Crippen LogP contribution in [-0.2, 0) is 0 Å². The fraction of sp³-hybridized carbons (Fsp3) is 0.316. The number of carbonyl (C=O) groups is 2. The van der Waals surface area contributed by atoms with Crippen LogP contribution in [0.15, 0.2) is 42.7 Å². The molecule has 2 aromatic rings. The molecule has 0 unspecified atom stereocenters. The van der Waals surface area contributed by atoms with E-state index < -0.39 is 5.91 Å². The lowest BCUT2D eigenvalue weighted by atomic mass is 9.99. The minimum Gasteiger partial charge on any atom is -0.366 e. The Morgan fingerprint density at radius 2 is 1.68 bits per heavy atom. The molecule has 1 aromatic heterocycles. The van der Waals surface area contributed by atoms with Crippen molar-refractivity contribution in [3.8, 4) is 11.1 Å². The van der Waals surface area contributed by atoms with Gasteiger partial charge in [0.15, 0.2) is 0 Å². The first-order chi connectivity index (χ1) is 11.6. The Morgan fingerprint density at radius 1 is 1.04 bits per heavy atom. The Bertz CT molecular complexity index is 714. The second-order valence-corrected chi connectivity index (χ2v) is 5.70. The van der Waals surface area contributed by atoms with Crippen molar-refractivity contribution in [2.24, 2.45) is 5.73 Å². The van der Waals surface area contributed by atoms with Crippen molar-refractivity contribution >= 4 is 24.2 Å². The van der Waals surface area contributed by atoms with Crippen molar-refractivity contribution in [3.63, 3.8) is 0 Å². The minimum atomic E-state index is -0.549. The molecule has 0 radical (unpaired) electrons. The highest BCUT2D eigenvalue weighted by atomic mass is 35.5. The van der Waals surface area contributed by atoms with E-state index >= 15 is 0 Å². The molecular weight excluding hydrogens is 338 g/mol. The van der Waals surface area contributed by atoms with E-state index in [-0.39, 0.29) is 18.3 Å². The van der Waals surface area contributed by atoms with Crippen LogP contribution in [0.5, 0.6) is 0 Å². The first kappa shape index (κ1) is 20.6. The SMILES string of the molecule is CCCN(CCC)C(=O)c1cc(C(N)=O)cc(-c2cccnc2)c1.Cl. The molecule has 6 heteroatoms. The predicted octanol–water partition coefficient (Wildman–Crippen LogP) is 3.53. The molecular formula is C19H24ClN3O2. The second-order valence-electron chi connectivity index (χ2n) is 5.70. The van der Waals surface area contributed by atoms with Crippen molar-refractivity contribution < 1.29 is 9.59 Å². The monoisotopic (exact) mass is 361 g/mol. The molecule has 0 aliphatic carbocycles. The van der Waals surface area contributed by atoms with E-state index in [0.717, 1.165) is 24.0 Å². The standard InChI is InChI=1S/C19H23N3O2.ClH/c1-3-8-22(9-4-2)19(24)17-11-15(10-16(12-17)18(20)23)14-6-5-7-21-13-14;/h5-7,10-13H,3-4,8-9H2,1-2H3,(H2,20,23);1H. The molecule has 2 amide bonds. The van der Waals surface area contributed by atoms with Crippen LogP contribution in [0.1, 0.15) is 47.4 Å². The summed E-state index contributed by atoms with van der Waals surface area (Å²) in [5.74, 6) is -0.626. The average molecular weight is 362 g/mol. The minimum absolute atomic E-state index is 0.